The van der Waals surface area contributed by atoms with Crippen LogP contribution in [0.4, 0.5) is 0 Å². The Bertz CT molecular complexity index is 578. The van der Waals surface area contributed by atoms with E-state index >= 15 is 0 Å². The van der Waals surface area contributed by atoms with Crippen LogP contribution in [0.1, 0.15) is 31.4 Å². The van der Waals surface area contributed by atoms with Crippen molar-refractivity contribution in [2.45, 2.75) is 43.5 Å². The van der Waals surface area contributed by atoms with Crippen LogP contribution in [0, 0.1) is 0 Å². The summed E-state index contributed by atoms with van der Waals surface area (Å²) in [6, 6.07) is 0.647. The summed E-state index contributed by atoms with van der Waals surface area (Å²) < 4.78 is 2.93. The van der Waals surface area contributed by atoms with Gasteiger partial charge in [-0.15, -0.1) is 0 Å². The SMILES string of the molecule is CSC1CCC(NCc2cnc3cnc(Br)cn23)CC1. The van der Waals surface area contributed by atoms with Crippen LogP contribution in [0.2, 0.25) is 0 Å². The Hall–Kier alpha value is -0.590. The van der Waals surface area contributed by atoms with Crippen LogP contribution in [-0.4, -0.2) is 31.9 Å². The van der Waals surface area contributed by atoms with Gasteiger partial charge < -0.3 is 5.32 Å². The van der Waals surface area contributed by atoms with Gasteiger partial charge in [0.05, 0.1) is 18.1 Å². The van der Waals surface area contributed by atoms with E-state index in [9.17, 15) is 0 Å². The van der Waals surface area contributed by atoms with Crippen molar-refractivity contribution in [3.63, 3.8) is 0 Å². The summed E-state index contributed by atoms with van der Waals surface area (Å²) in [5, 5.41) is 4.54. The first-order valence-corrected chi connectivity index (χ1v) is 9.08. The van der Waals surface area contributed by atoms with Gasteiger partial charge in [0.2, 0.25) is 0 Å². The summed E-state index contributed by atoms with van der Waals surface area (Å²) in [6.45, 7) is 0.867. The molecule has 0 radical (unpaired) electrons. The minimum atomic E-state index is 0.647. The van der Waals surface area contributed by atoms with E-state index in [1.54, 1.807) is 6.20 Å². The van der Waals surface area contributed by atoms with Crippen LogP contribution in [0.5, 0.6) is 0 Å². The standard InChI is InChI=1S/C14H19BrN4S/c1-20-12-4-2-10(3-5-12)16-6-11-7-18-14-8-17-13(15)9-19(11)14/h7-10,12,16H,2-6H2,1H3. The number of imidazole rings is 1. The Morgan fingerprint density at radius 3 is 2.85 bits per heavy atom. The van der Waals surface area contributed by atoms with Gasteiger partial charge in [0, 0.05) is 24.0 Å². The van der Waals surface area contributed by atoms with Gasteiger partial charge in [-0.2, -0.15) is 11.8 Å². The average Bonchev–Trinajstić information content (AvgIpc) is 2.88. The predicted octanol–water partition coefficient (Wildman–Crippen LogP) is 3.26. The number of aromatic nitrogens is 3. The molecule has 1 saturated carbocycles. The van der Waals surface area contributed by atoms with Crippen molar-refractivity contribution in [1.29, 1.82) is 0 Å². The highest BCUT2D eigenvalue weighted by atomic mass is 79.9. The molecule has 0 atom stereocenters. The summed E-state index contributed by atoms with van der Waals surface area (Å²) in [7, 11) is 0. The first-order valence-electron chi connectivity index (χ1n) is 7.00. The van der Waals surface area contributed by atoms with E-state index in [4.69, 9.17) is 0 Å². The highest BCUT2D eigenvalue weighted by Gasteiger charge is 2.20. The van der Waals surface area contributed by atoms with E-state index in [-0.39, 0.29) is 0 Å². The molecule has 108 valence electrons. The van der Waals surface area contributed by atoms with Crippen molar-refractivity contribution in [3.8, 4) is 0 Å². The van der Waals surface area contributed by atoms with E-state index in [1.807, 2.05) is 24.2 Å². The number of nitrogens with one attached hydrogen (secondary N) is 1. The van der Waals surface area contributed by atoms with Crippen LogP contribution in [0.3, 0.4) is 0 Å². The molecule has 6 heteroatoms. The number of hydrogen-bond donors (Lipinski definition) is 1. The summed E-state index contributed by atoms with van der Waals surface area (Å²) >= 11 is 5.42. The predicted molar refractivity (Wildman–Crippen MR) is 87.1 cm³/mol. The Morgan fingerprint density at radius 1 is 1.30 bits per heavy atom. The van der Waals surface area contributed by atoms with E-state index in [1.165, 1.54) is 31.4 Å². The highest BCUT2D eigenvalue weighted by Crippen LogP contribution is 2.27. The van der Waals surface area contributed by atoms with Gasteiger partial charge >= 0.3 is 0 Å². The van der Waals surface area contributed by atoms with Gasteiger partial charge in [-0.05, 0) is 47.9 Å². The lowest BCUT2D eigenvalue weighted by molar-refractivity contribution is 0.377. The first-order chi connectivity index (χ1) is 9.76. The van der Waals surface area contributed by atoms with E-state index in [0.29, 0.717) is 6.04 Å². The third-order valence-corrected chi connectivity index (χ3v) is 5.57. The molecule has 0 spiro atoms. The fourth-order valence-corrected chi connectivity index (χ4v) is 3.85. The minimum absolute atomic E-state index is 0.647. The molecule has 4 nitrogen and oxygen atoms in total. The van der Waals surface area contributed by atoms with Gasteiger partial charge in [0.1, 0.15) is 4.60 Å². The Morgan fingerprint density at radius 2 is 2.10 bits per heavy atom. The number of halogens is 1. The minimum Gasteiger partial charge on any atom is -0.308 e. The quantitative estimate of drug-likeness (QED) is 0.914. The second kappa shape index (κ2) is 6.45. The number of hydrogen-bond acceptors (Lipinski definition) is 4. The first kappa shape index (κ1) is 14.4. The third-order valence-electron chi connectivity index (χ3n) is 4.02. The number of nitrogens with zero attached hydrogens (tertiary/aromatic N) is 3. The lowest BCUT2D eigenvalue weighted by Gasteiger charge is -2.28. The maximum Gasteiger partial charge on any atom is 0.155 e. The second-order valence-corrected chi connectivity index (χ2v) is 7.23. The van der Waals surface area contributed by atoms with Gasteiger partial charge in [-0.1, -0.05) is 0 Å². The summed E-state index contributed by atoms with van der Waals surface area (Å²) in [4.78, 5) is 8.58. The smallest absolute Gasteiger partial charge is 0.155 e. The van der Waals surface area contributed by atoms with E-state index < -0.39 is 0 Å². The van der Waals surface area contributed by atoms with Gasteiger partial charge in [-0.3, -0.25) is 4.40 Å². The lowest BCUT2D eigenvalue weighted by atomic mass is 9.95. The van der Waals surface area contributed by atoms with Crippen LogP contribution in [0.15, 0.2) is 23.2 Å². The zero-order chi connectivity index (χ0) is 13.9. The number of rotatable bonds is 4. The molecule has 20 heavy (non-hydrogen) atoms. The zero-order valence-corrected chi connectivity index (χ0v) is 14.0. The van der Waals surface area contributed by atoms with E-state index in [0.717, 1.165) is 22.0 Å². The Labute approximate surface area is 131 Å². The van der Waals surface area contributed by atoms with Crippen molar-refractivity contribution < 1.29 is 0 Å². The van der Waals surface area contributed by atoms with Crippen LogP contribution >= 0.6 is 27.7 Å². The molecule has 0 unspecified atom stereocenters. The molecule has 0 amide bonds. The Kier molecular flexibility index (Phi) is 4.63. The average molecular weight is 355 g/mol. The van der Waals surface area contributed by atoms with Crippen molar-refractivity contribution in [2.24, 2.45) is 0 Å². The third kappa shape index (κ3) is 3.18. The maximum absolute atomic E-state index is 4.39. The van der Waals surface area contributed by atoms with Crippen LogP contribution in [-0.2, 0) is 6.54 Å². The second-order valence-electron chi connectivity index (χ2n) is 5.28. The van der Waals surface area contributed by atoms with Gasteiger partial charge in [0.25, 0.3) is 0 Å². The monoisotopic (exact) mass is 354 g/mol. The number of thioether (sulfide) groups is 1. The van der Waals surface area contributed by atoms with Crippen molar-refractivity contribution in [2.75, 3.05) is 6.26 Å². The normalized spacial score (nSPS) is 23.3. The van der Waals surface area contributed by atoms with Gasteiger partial charge in [0.15, 0.2) is 5.65 Å². The summed E-state index contributed by atoms with van der Waals surface area (Å²) in [5.41, 5.74) is 2.09. The molecule has 1 aliphatic carbocycles. The molecule has 1 N–H and O–H groups in total. The fourth-order valence-electron chi connectivity index (χ4n) is 2.80. The highest BCUT2D eigenvalue weighted by molar-refractivity contribution is 9.10. The molecular weight excluding hydrogens is 336 g/mol. The van der Waals surface area contributed by atoms with Crippen molar-refractivity contribution in [1.82, 2.24) is 19.7 Å². The summed E-state index contributed by atoms with van der Waals surface area (Å²) in [5.74, 6) is 0. The molecule has 0 aliphatic heterocycles. The molecule has 2 aromatic heterocycles. The lowest BCUT2D eigenvalue weighted by Crippen LogP contribution is -2.33. The van der Waals surface area contributed by atoms with Gasteiger partial charge in [-0.25, -0.2) is 9.97 Å². The molecule has 1 fully saturated rings. The molecule has 0 aromatic carbocycles. The molecule has 0 bridgehead atoms. The summed E-state index contributed by atoms with van der Waals surface area (Å²) in [6.07, 6.45) is 13.2. The van der Waals surface area contributed by atoms with Crippen molar-refractivity contribution >= 4 is 33.3 Å². The van der Waals surface area contributed by atoms with Crippen LogP contribution in [0.25, 0.3) is 5.65 Å². The molecular formula is C14H19BrN4S. The van der Waals surface area contributed by atoms with E-state index in [2.05, 4.69) is 41.9 Å². The molecule has 2 heterocycles. The van der Waals surface area contributed by atoms with Crippen molar-refractivity contribution in [3.05, 3.63) is 28.9 Å². The molecule has 3 rings (SSSR count). The zero-order valence-electron chi connectivity index (χ0n) is 11.6. The maximum atomic E-state index is 4.39. The topological polar surface area (TPSA) is 42.2 Å². The Balaban J connectivity index is 1.61. The fraction of sp³-hybridized carbons (Fsp3) is 0.571. The van der Waals surface area contributed by atoms with Crippen LogP contribution < -0.4 is 5.32 Å². The molecule has 2 aromatic rings. The largest absolute Gasteiger partial charge is 0.308 e. The molecule has 0 saturated heterocycles. The number of fused-ring (bicyclic) bond motifs is 1. The molecule has 1 aliphatic rings.